The Balaban J connectivity index is 2.11. The number of carbonyl (C=O) groups is 1. The molecule has 0 aliphatic carbocycles. The Morgan fingerprint density at radius 1 is 1.38 bits per heavy atom. The van der Waals surface area contributed by atoms with Crippen molar-refractivity contribution < 1.29 is 13.6 Å². The zero-order chi connectivity index (χ0) is 11.5. The molecule has 0 saturated carbocycles. The van der Waals surface area contributed by atoms with Crippen LogP contribution in [-0.2, 0) is 0 Å². The maximum Gasteiger partial charge on any atom is 0.257 e. The van der Waals surface area contributed by atoms with Crippen LogP contribution in [0.5, 0.6) is 0 Å². The van der Waals surface area contributed by atoms with Crippen LogP contribution in [0.3, 0.4) is 0 Å². The minimum atomic E-state index is -1.03. The van der Waals surface area contributed by atoms with Crippen molar-refractivity contribution in [2.24, 2.45) is 4.99 Å². The lowest BCUT2D eigenvalue weighted by Gasteiger charge is -2.03. The third-order valence-corrected chi connectivity index (χ3v) is 2.88. The number of benzene rings is 1. The van der Waals surface area contributed by atoms with E-state index in [-0.39, 0.29) is 5.56 Å². The molecule has 0 radical (unpaired) electrons. The molecule has 0 spiro atoms. The van der Waals surface area contributed by atoms with E-state index in [1.807, 2.05) is 0 Å². The van der Waals surface area contributed by atoms with Gasteiger partial charge in [-0.1, -0.05) is 11.8 Å². The summed E-state index contributed by atoms with van der Waals surface area (Å²) in [4.78, 5) is 15.6. The number of aliphatic imine (C=N–C) groups is 1. The molecular weight excluding hydrogens is 234 g/mol. The molecule has 0 fully saturated rings. The van der Waals surface area contributed by atoms with Crippen molar-refractivity contribution in [2.75, 3.05) is 12.3 Å². The van der Waals surface area contributed by atoms with Crippen LogP contribution in [0.4, 0.5) is 8.78 Å². The van der Waals surface area contributed by atoms with Gasteiger partial charge in [-0.25, -0.2) is 8.78 Å². The van der Waals surface area contributed by atoms with E-state index in [9.17, 15) is 13.6 Å². The van der Waals surface area contributed by atoms with E-state index < -0.39 is 17.5 Å². The predicted octanol–water partition coefficient (Wildman–Crippen LogP) is 1.80. The van der Waals surface area contributed by atoms with Gasteiger partial charge in [-0.3, -0.25) is 9.79 Å². The minimum absolute atomic E-state index is 0.0779. The Bertz CT molecular complexity index is 462. The molecule has 2 rings (SSSR count). The van der Waals surface area contributed by atoms with Crippen molar-refractivity contribution in [2.45, 2.75) is 0 Å². The molecule has 1 amide bonds. The van der Waals surface area contributed by atoms with Gasteiger partial charge in [0.25, 0.3) is 5.91 Å². The highest BCUT2D eigenvalue weighted by Gasteiger charge is 2.14. The first-order valence-corrected chi connectivity index (χ1v) is 5.59. The van der Waals surface area contributed by atoms with Crippen LogP contribution < -0.4 is 5.32 Å². The summed E-state index contributed by atoms with van der Waals surface area (Å²) in [7, 11) is 0. The highest BCUT2D eigenvalue weighted by molar-refractivity contribution is 8.14. The summed E-state index contributed by atoms with van der Waals surface area (Å²) in [6.45, 7) is 0.665. The maximum atomic E-state index is 12.9. The molecule has 0 atom stereocenters. The lowest BCUT2D eigenvalue weighted by molar-refractivity contribution is 0.0977. The van der Waals surface area contributed by atoms with E-state index >= 15 is 0 Å². The summed E-state index contributed by atoms with van der Waals surface area (Å²) in [5.74, 6) is -1.65. The number of rotatable bonds is 1. The smallest absolute Gasteiger partial charge is 0.257 e. The molecule has 0 aromatic heterocycles. The van der Waals surface area contributed by atoms with Gasteiger partial charge in [-0.05, 0) is 18.2 Å². The van der Waals surface area contributed by atoms with Gasteiger partial charge >= 0.3 is 0 Å². The Labute approximate surface area is 94.9 Å². The average Bonchev–Trinajstić information content (AvgIpc) is 2.74. The fourth-order valence-electron chi connectivity index (χ4n) is 1.22. The van der Waals surface area contributed by atoms with Gasteiger partial charge in [0.2, 0.25) is 0 Å². The standard InChI is InChI=1S/C10H8F2N2OS/c11-7-2-1-6(5-8(7)12)9(15)14-10-13-3-4-16-10/h1-2,5H,3-4H2,(H,13,14,15). The van der Waals surface area contributed by atoms with Crippen molar-refractivity contribution in [3.8, 4) is 0 Å². The summed E-state index contributed by atoms with van der Waals surface area (Å²) in [5.41, 5.74) is 0.0779. The number of thioether (sulfide) groups is 1. The molecule has 1 aromatic carbocycles. The fraction of sp³-hybridized carbons (Fsp3) is 0.200. The number of hydrogen-bond donors (Lipinski definition) is 1. The number of amides is 1. The largest absolute Gasteiger partial charge is 0.301 e. The molecule has 1 aliphatic heterocycles. The van der Waals surface area contributed by atoms with Crippen LogP contribution in [-0.4, -0.2) is 23.4 Å². The van der Waals surface area contributed by atoms with Crippen LogP contribution in [0.15, 0.2) is 23.2 Å². The molecule has 1 heterocycles. The topological polar surface area (TPSA) is 41.5 Å². The van der Waals surface area contributed by atoms with E-state index in [0.717, 1.165) is 17.9 Å². The van der Waals surface area contributed by atoms with E-state index in [4.69, 9.17) is 0 Å². The zero-order valence-electron chi connectivity index (χ0n) is 8.17. The minimum Gasteiger partial charge on any atom is -0.301 e. The Kier molecular flexibility index (Phi) is 3.19. The quantitative estimate of drug-likeness (QED) is 0.815. The number of hydrogen-bond acceptors (Lipinski definition) is 3. The average molecular weight is 242 g/mol. The molecule has 6 heteroatoms. The molecule has 0 bridgehead atoms. The van der Waals surface area contributed by atoms with Crippen molar-refractivity contribution in [3.63, 3.8) is 0 Å². The van der Waals surface area contributed by atoms with Crippen molar-refractivity contribution in [1.82, 2.24) is 5.32 Å². The van der Waals surface area contributed by atoms with Crippen LogP contribution >= 0.6 is 11.8 Å². The normalized spacial score (nSPS) is 14.8. The molecule has 3 nitrogen and oxygen atoms in total. The molecule has 1 N–H and O–H groups in total. The van der Waals surface area contributed by atoms with Gasteiger partial charge in [0.15, 0.2) is 16.8 Å². The summed E-state index contributed by atoms with van der Waals surface area (Å²) in [6.07, 6.45) is 0. The van der Waals surface area contributed by atoms with Gasteiger partial charge in [0.1, 0.15) is 0 Å². The second kappa shape index (κ2) is 4.61. The lowest BCUT2D eigenvalue weighted by Crippen LogP contribution is -2.27. The van der Waals surface area contributed by atoms with E-state index in [1.54, 1.807) is 0 Å². The van der Waals surface area contributed by atoms with Crippen LogP contribution in [0.2, 0.25) is 0 Å². The first-order valence-electron chi connectivity index (χ1n) is 4.60. The maximum absolute atomic E-state index is 12.9. The second-order valence-electron chi connectivity index (χ2n) is 3.12. The third kappa shape index (κ3) is 2.38. The van der Waals surface area contributed by atoms with Gasteiger partial charge in [0.05, 0.1) is 6.54 Å². The number of nitrogens with one attached hydrogen (secondary N) is 1. The summed E-state index contributed by atoms with van der Waals surface area (Å²) in [5, 5.41) is 3.05. The molecule has 16 heavy (non-hydrogen) atoms. The Morgan fingerprint density at radius 3 is 2.81 bits per heavy atom. The van der Waals surface area contributed by atoms with Crippen LogP contribution in [0.25, 0.3) is 0 Å². The lowest BCUT2D eigenvalue weighted by atomic mass is 10.2. The summed E-state index contributed by atoms with van der Waals surface area (Å²) in [6, 6.07) is 3.02. The van der Waals surface area contributed by atoms with Gasteiger partial charge in [-0.2, -0.15) is 0 Å². The van der Waals surface area contributed by atoms with E-state index in [1.165, 1.54) is 17.8 Å². The monoisotopic (exact) mass is 242 g/mol. The molecule has 1 aliphatic rings. The van der Waals surface area contributed by atoms with Gasteiger partial charge in [0, 0.05) is 11.3 Å². The zero-order valence-corrected chi connectivity index (χ0v) is 8.98. The second-order valence-corrected chi connectivity index (χ2v) is 4.20. The van der Waals surface area contributed by atoms with Gasteiger partial charge in [-0.15, -0.1) is 0 Å². The van der Waals surface area contributed by atoms with Crippen LogP contribution in [0.1, 0.15) is 10.4 Å². The van der Waals surface area contributed by atoms with Crippen molar-refractivity contribution in [3.05, 3.63) is 35.4 Å². The number of halogens is 2. The molecule has 1 aromatic rings. The molecule has 84 valence electrons. The molecular formula is C10H8F2N2OS. The number of carbonyl (C=O) groups excluding carboxylic acids is 1. The predicted molar refractivity (Wildman–Crippen MR) is 58.6 cm³/mol. The van der Waals surface area contributed by atoms with Crippen molar-refractivity contribution >= 4 is 22.8 Å². The molecule has 0 unspecified atom stereocenters. The SMILES string of the molecule is O=C(NC1=NCCS1)c1ccc(F)c(F)c1. The Morgan fingerprint density at radius 2 is 2.19 bits per heavy atom. The van der Waals surface area contributed by atoms with E-state index in [2.05, 4.69) is 10.3 Å². The first-order chi connectivity index (χ1) is 7.66. The summed E-state index contributed by atoms with van der Waals surface area (Å²) >= 11 is 1.42. The van der Waals surface area contributed by atoms with Gasteiger partial charge < -0.3 is 5.32 Å². The highest BCUT2D eigenvalue weighted by atomic mass is 32.2. The van der Waals surface area contributed by atoms with Crippen LogP contribution in [0, 0.1) is 11.6 Å². The number of nitrogens with zero attached hydrogens (tertiary/aromatic N) is 1. The van der Waals surface area contributed by atoms with Crippen molar-refractivity contribution in [1.29, 1.82) is 0 Å². The highest BCUT2D eigenvalue weighted by Crippen LogP contribution is 2.12. The Hall–Kier alpha value is -1.43. The first kappa shape index (κ1) is 11.1. The number of amidine groups is 1. The molecule has 0 saturated heterocycles. The fourth-order valence-corrected chi connectivity index (χ4v) is 1.94. The van der Waals surface area contributed by atoms with E-state index in [0.29, 0.717) is 11.7 Å². The summed E-state index contributed by atoms with van der Waals surface area (Å²) < 4.78 is 25.5. The third-order valence-electron chi connectivity index (χ3n) is 1.99.